The van der Waals surface area contributed by atoms with Crippen molar-refractivity contribution in [1.82, 2.24) is 10.1 Å². The summed E-state index contributed by atoms with van der Waals surface area (Å²) in [6.07, 6.45) is 3.84. The van der Waals surface area contributed by atoms with Crippen LogP contribution in [0.1, 0.15) is 31.5 Å². The molecule has 0 aliphatic heterocycles. The highest BCUT2D eigenvalue weighted by Crippen LogP contribution is 2.41. The highest BCUT2D eigenvalue weighted by molar-refractivity contribution is 5.64. The lowest BCUT2D eigenvalue weighted by atomic mass is 10.0. The van der Waals surface area contributed by atoms with E-state index in [2.05, 4.69) is 10.1 Å². The second kappa shape index (κ2) is 4.79. The van der Waals surface area contributed by atoms with E-state index in [0.717, 1.165) is 25.7 Å². The van der Waals surface area contributed by atoms with Crippen molar-refractivity contribution in [3.63, 3.8) is 0 Å². The van der Waals surface area contributed by atoms with Gasteiger partial charge in [0.1, 0.15) is 17.1 Å². The first-order valence-corrected chi connectivity index (χ1v) is 6.56. The maximum atomic E-state index is 9.81. The van der Waals surface area contributed by atoms with Gasteiger partial charge in [-0.2, -0.15) is 4.98 Å². The van der Waals surface area contributed by atoms with Gasteiger partial charge in [-0.15, -0.1) is 0 Å². The monoisotopic (exact) mass is 276 g/mol. The predicted octanol–water partition coefficient (Wildman–Crippen LogP) is 2.56. The van der Waals surface area contributed by atoms with E-state index in [1.54, 1.807) is 7.11 Å². The Morgan fingerprint density at radius 1 is 1.25 bits per heavy atom. The minimum Gasteiger partial charge on any atom is -0.508 e. The zero-order chi connectivity index (χ0) is 14.2. The summed E-state index contributed by atoms with van der Waals surface area (Å²) < 4.78 is 10.8. The molecule has 0 unspecified atom stereocenters. The molecule has 1 aliphatic rings. The molecular weight excluding hydrogens is 260 g/mol. The average molecular weight is 276 g/mol. The maximum Gasteiger partial charge on any atom is 0.261 e. The third-order valence-corrected chi connectivity index (χ3v) is 3.85. The van der Waals surface area contributed by atoms with Crippen molar-refractivity contribution in [2.75, 3.05) is 7.11 Å². The Bertz CT molecular complexity index is 617. The minimum atomic E-state index is -0.492. The molecule has 6 heteroatoms. The minimum absolute atomic E-state index is 0.0177. The number of rotatable bonds is 3. The third kappa shape index (κ3) is 2.02. The Labute approximate surface area is 116 Å². The molecule has 1 saturated carbocycles. The van der Waals surface area contributed by atoms with Gasteiger partial charge < -0.3 is 19.5 Å². The van der Waals surface area contributed by atoms with Gasteiger partial charge in [0.25, 0.3) is 5.89 Å². The number of hydrogen-bond donors (Lipinski definition) is 2. The fourth-order valence-electron chi connectivity index (χ4n) is 2.68. The van der Waals surface area contributed by atoms with Crippen molar-refractivity contribution in [2.24, 2.45) is 0 Å². The van der Waals surface area contributed by atoms with E-state index >= 15 is 0 Å². The SMILES string of the molecule is COC1(c2noc(-c3cc(O)ccc3O)n2)CCCC1. The van der Waals surface area contributed by atoms with Crippen LogP contribution in [-0.4, -0.2) is 27.5 Å². The molecule has 1 aromatic carbocycles. The van der Waals surface area contributed by atoms with Gasteiger partial charge in [0.2, 0.25) is 5.82 Å². The lowest BCUT2D eigenvalue weighted by molar-refractivity contribution is -0.0178. The fraction of sp³-hybridized carbons (Fsp3) is 0.429. The number of methoxy groups -OCH3 is 1. The summed E-state index contributed by atoms with van der Waals surface area (Å²) in [6.45, 7) is 0. The maximum absolute atomic E-state index is 9.81. The van der Waals surface area contributed by atoms with Crippen LogP contribution < -0.4 is 0 Å². The summed E-state index contributed by atoms with van der Waals surface area (Å²) in [6, 6.07) is 4.17. The first kappa shape index (κ1) is 12.9. The Hall–Kier alpha value is -2.08. The highest BCUT2D eigenvalue weighted by atomic mass is 16.5. The summed E-state index contributed by atoms with van der Waals surface area (Å²) >= 11 is 0. The van der Waals surface area contributed by atoms with Crippen LogP contribution in [0.3, 0.4) is 0 Å². The Kier molecular flexibility index (Phi) is 3.10. The first-order chi connectivity index (χ1) is 9.64. The van der Waals surface area contributed by atoms with Crippen molar-refractivity contribution in [3.05, 3.63) is 24.0 Å². The molecule has 0 amide bonds. The Balaban J connectivity index is 2.00. The molecule has 0 radical (unpaired) electrons. The normalized spacial score (nSPS) is 17.4. The summed E-state index contributed by atoms with van der Waals surface area (Å²) in [5, 5.41) is 23.3. The number of ether oxygens (including phenoxy) is 1. The number of phenols is 2. The van der Waals surface area contributed by atoms with Gasteiger partial charge in [-0.1, -0.05) is 5.16 Å². The molecule has 2 aromatic rings. The van der Waals surface area contributed by atoms with E-state index in [9.17, 15) is 10.2 Å². The number of hydrogen-bond acceptors (Lipinski definition) is 6. The molecule has 1 aromatic heterocycles. The third-order valence-electron chi connectivity index (χ3n) is 3.85. The van der Waals surface area contributed by atoms with Crippen molar-refractivity contribution < 1.29 is 19.5 Å². The quantitative estimate of drug-likeness (QED) is 0.837. The molecule has 0 spiro atoms. The highest BCUT2D eigenvalue weighted by Gasteiger charge is 2.40. The van der Waals surface area contributed by atoms with Gasteiger partial charge in [0.05, 0.1) is 5.56 Å². The van der Waals surface area contributed by atoms with Gasteiger partial charge >= 0.3 is 0 Å². The lowest BCUT2D eigenvalue weighted by Gasteiger charge is -2.22. The van der Waals surface area contributed by atoms with Crippen LogP contribution in [0.15, 0.2) is 22.7 Å². The molecule has 20 heavy (non-hydrogen) atoms. The number of phenolic OH excluding ortho intramolecular Hbond substituents is 2. The van der Waals surface area contributed by atoms with Crippen LogP contribution in [-0.2, 0) is 10.3 Å². The number of benzene rings is 1. The van der Waals surface area contributed by atoms with E-state index in [0.29, 0.717) is 11.4 Å². The molecule has 1 heterocycles. The van der Waals surface area contributed by atoms with Gasteiger partial charge in [0, 0.05) is 7.11 Å². The molecular formula is C14H16N2O4. The molecule has 3 rings (SSSR count). The molecule has 1 aliphatic carbocycles. The Morgan fingerprint density at radius 2 is 2.00 bits per heavy atom. The summed E-state index contributed by atoms with van der Waals surface area (Å²) in [4.78, 5) is 4.33. The first-order valence-electron chi connectivity index (χ1n) is 6.56. The predicted molar refractivity (Wildman–Crippen MR) is 70.2 cm³/mol. The molecule has 0 saturated heterocycles. The van der Waals surface area contributed by atoms with E-state index in [1.165, 1.54) is 18.2 Å². The van der Waals surface area contributed by atoms with Crippen molar-refractivity contribution in [1.29, 1.82) is 0 Å². The van der Waals surface area contributed by atoms with Gasteiger partial charge in [0.15, 0.2) is 0 Å². The number of nitrogens with zero attached hydrogens (tertiary/aromatic N) is 2. The van der Waals surface area contributed by atoms with Crippen molar-refractivity contribution in [2.45, 2.75) is 31.3 Å². The summed E-state index contributed by atoms with van der Waals surface area (Å²) in [5.41, 5.74) is -0.179. The van der Waals surface area contributed by atoms with Crippen molar-refractivity contribution >= 4 is 0 Å². The van der Waals surface area contributed by atoms with E-state index in [4.69, 9.17) is 9.26 Å². The summed E-state index contributed by atoms with van der Waals surface area (Å²) in [7, 11) is 1.65. The van der Waals surface area contributed by atoms with Crippen LogP contribution in [0.25, 0.3) is 11.5 Å². The molecule has 0 atom stereocenters. The molecule has 1 fully saturated rings. The zero-order valence-electron chi connectivity index (χ0n) is 11.2. The summed E-state index contributed by atoms with van der Waals surface area (Å²) in [5.74, 6) is 0.683. The molecule has 6 nitrogen and oxygen atoms in total. The van der Waals surface area contributed by atoms with Crippen LogP contribution in [0.5, 0.6) is 11.5 Å². The molecule has 106 valence electrons. The average Bonchev–Trinajstić information content (AvgIpc) is 3.10. The number of aromatic nitrogens is 2. The Morgan fingerprint density at radius 3 is 2.70 bits per heavy atom. The smallest absolute Gasteiger partial charge is 0.261 e. The van der Waals surface area contributed by atoms with Crippen LogP contribution in [0.2, 0.25) is 0 Å². The lowest BCUT2D eigenvalue weighted by Crippen LogP contribution is -2.25. The topological polar surface area (TPSA) is 88.6 Å². The second-order valence-corrected chi connectivity index (χ2v) is 5.03. The van der Waals surface area contributed by atoms with Crippen LogP contribution in [0.4, 0.5) is 0 Å². The van der Waals surface area contributed by atoms with E-state index < -0.39 is 5.60 Å². The van der Waals surface area contributed by atoms with Gasteiger partial charge in [-0.25, -0.2) is 0 Å². The second-order valence-electron chi connectivity index (χ2n) is 5.03. The van der Waals surface area contributed by atoms with Gasteiger partial charge in [-0.3, -0.25) is 0 Å². The number of aromatic hydroxyl groups is 2. The molecule has 0 bridgehead atoms. The van der Waals surface area contributed by atoms with Crippen LogP contribution in [0, 0.1) is 0 Å². The standard InChI is InChI=1S/C14H16N2O4/c1-19-14(6-2-3-7-14)13-15-12(20-16-13)10-8-9(17)4-5-11(10)18/h4-5,8,17-18H,2-3,6-7H2,1H3. The van der Waals surface area contributed by atoms with Crippen molar-refractivity contribution in [3.8, 4) is 23.0 Å². The van der Waals surface area contributed by atoms with E-state index in [-0.39, 0.29) is 17.4 Å². The molecule has 2 N–H and O–H groups in total. The zero-order valence-corrected chi connectivity index (χ0v) is 11.2. The largest absolute Gasteiger partial charge is 0.508 e. The fourth-order valence-corrected chi connectivity index (χ4v) is 2.68. The van der Waals surface area contributed by atoms with E-state index in [1.807, 2.05) is 0 Å². The van der Waals surface area contributed by atoms with Gasteiger partial charge in [-0.05, 0) is 43.9 Å². The van der Waals surface area contributed by atoms with Crippen LogP contribution >= 0.6 is 0 Å².